The van der Waals surface area contributed by atoms with E-state index in [-0.39, 0.29) is 5.91 Å². The fraction of sp³-hybridized carbons (Fsp3) is 0.238. The Kier molecular flexibility index (Phi) is 4.94. The molecule has 0 aliphatic carbocycles. The van der Waals surface area contributed by atoms with Crippen LogP contribution < -0.4 is 0 Å². The number of tetrazole rings is 1. The molecule has 1 fully saturated rings. The Labute approximate surface area is 177 Å². The van der Waals surface area contributed by atoms with Gasteiger partial charge in [-0.2, -0.15) is 4.68 Å². The van der Waals surface area contributed by atoms with Crippen LogP contribution in [0.1, 0.15) is 16.4 Å². The van der Waals surface area contributed by atoms with Gasteiger partial charge < -0.3 is 9.32 Å². The van der Waals surface area contributed by atoms with E-state index in [0.29, 0.717) is 30.4 Å². The van der Waals surface area contributed by atoms with Gasteiger partial charge in [0.1, 0.15) is 5.58 Å². The molecule has 1 aliphatic heterocycles. The molecule has 1 amide bonds. The molecular formula is C21H19ClN6O2. The van der Waals surface area contributed by atoms with Crippen LogP contribution in [0, 0.1) is 0 Å². The Bertz CT molecular complexity index is 1140. The molecule has 5 rings (SSSR count). The zero-order valence-corrected chi connectivity index (χ0v) is 16.9. The number of rotatable bonds is 4. The SMILES string of the molecule is O=C(c1cc2ccccc2o1)N1CCN(Cc2nnnn2-c2ccc(Cl)cc2)CC1. The van der Waals surface area contributed by atoms with Crippen molar-refractivity contribution in [2.75, 3.05) is 26.2 Å². The molecule has 2 aromatic carbocycles. The van der Waals surface area contributed by atoms with Crippen molar-refractivity contribution in [3.05, 3.63) is 71.2 Å². The molecule has 0 saturated carbocycles. The maximum Gasteiger partial charge on any atom is 0.289 e. The summed E-state index contributed by atoms with van der Waals surface area (Å²) in [5.74, 6) is 1.06. The molecule has 0 unspecified atom stereocenters. The summed E-state index contributed by atoms with van der Waals surface area (Å²) in [6, 6.07) is 16.8. The fourth-order valence-electron chi connectivity index (χ4n) is 3.64. The number of halogens is 1. The van der Waals surface area contributed by atoms with Crippen LogP contribution in [-0.4, -0.2) is 62.1 Å². The van der Waals surface area contributed by atoms with Gasteiger partial charge in [-0.05, 0) is 46.8 Å². The first-order valence-corrected chi connectivity index (χ1v) is 10.1. The highest BCUT2D eigenvalue weighted by Crippen LogP contribution is 2.21. The number of amides is 1. The summed E-state index contributed by atoms with van der Waals surface area (Å²) in [6.07, 6.45) is 0. The van der Waals surface area contributed by atoms with Crippen molar-refractivity contribution >= 4 is 28.5 Å². The summed E-state index contributed by atoms with van der Waals surface area (Å²) < 4.78 is 7.43. The van der Waals surface area contributed by atoms with Crippen LogP contribution in [-0.2, 0) is 6.54 Å². The predicted molar refractivity (Wildman–Crippen MR) is 112 cm³/mol. The van der Waals surface area contributed by atoms with E-state index in [4.69, 9.17) is 16.0 Å². The number of aromatic nitrogens is 4. The second kappa shape index (κ2) is 7.89. The molecule has 2 aromatic heterocycles. The van der Waals surface area contributed by atoms with Gasteiger partial charge in [0.05, 0.1) is 12.2 Å². The molecule has 1 aliphatic rings. The van der Waals surface area contributed by atoms with Crippen molar-refractivity contribution in [3.63, 3.8) is 0 Å². The fourth-order valence-corrected chi connectivity index (χ4v) is 3.77. The molecule has 1 saturated heterocycles. The molecule has 0 atom stereocenters. The molecule has 3 heterocycles. The molecule has 9 heteroatoms. The number of furan rings is 1. The van der Waals surface area contributed by atoms with Crippen molar-refractivity contribution in [1.29, 1.82) is 0 Å². The van der Waals surface area contributed by atoms with E-state index in [0.717, 1.165) is 35.6 Å². The van der Waals surface area contributed by atoms with Gasteiger partial charge in [-0.15, -0.1) is 5.10 Å². The Morgan fingerprint density at radius 1 is 1.03 bits per heavy atom. The van der Waals surface area contributed by atoms with Crippen molar-refractivity contribution < 1.29 is 9.21 Å². The van der Waals surface area contributed by atoms with E-state index < -0.39 is 0 Å². The predicted octanol–water partition coefficient (Wildman–Crippen LogP) is 3.02. The van der Waals surface area contributed by atoms with Crippen molar-refractivity contribution in [2.24, 2.45) is 0 Å². The third-order valence-electron chi connectivity index (χ3n) is 5.27. The van der Waals surface area contributed by atoms with E-state index in [1.54, 1.807) is 4.68 Å². The van der Waals surface area contributed by atoms with Gasteiger partial charge in [0, 0.05) is 36.6 Å². The van der Waals surface area contributed by atoms with Crippen LogP contribution >= 0.6 is 11.6 Å². The molecule has 30 heavy (non-hydrogen) atoms. The Morgan fingerprint density at radius 2 is 1.80 bits per heavy atom. The van der Waals surface area contributed by atoms with Gasteiger partial charge in [-0.1, -0.05) is 29.8 Å². The summed E-state index contributed by atoms with van der Waals surface area (Å²) in [5, 5.41) is 13.7. The van der Waals surface area contributed by atoms with Crippen molar-refractivity contribution in [3.8, 4) is 5.69 Å². The zero-order chi connectivity index (χ0) is 20.5. The van der Waals surface area contributed by atoms with Gasteiger partial charge in [0.15, 0.2) is 11.6 Å². The minimum atomic E-state index is -0.0724. The third-order valence-corrected chi connectivity index (χ3v) is 5.52. The summed E-state index contributed by atoms with van der Waals surface area (Å²) in [6.45, 7) is 3.32. The molecule has 0 radical (unpaired) electrons. The first-order chi connectivity index (χ1) is 14.7. The number of fused-ring (bicyclic) bond motifs is 1. The molecule has 0 N–H and O–H groups in total. The van der Waals surface area contributed by atoms with Crippen LogP contribution in [0.15, 0.2) is 59.0 Å². The summed E-state index contributed by atoms with van der Waals surface area (Å²) in [7, 11) is 0. The lowest BCUT2D eigenvalue weighted by molar-refractivity contribution is 0.0596. The van der Waals surface area contributed by atoms with E-state index >= 15 is 0 Å². The van der Waals surface area contributed by atoms with E-state index in [9.17, 15) is 4.79 Å². The number of nitrogens with zero attached hydrogens (tertiary/aromatic N) is 6. The van der Waals surface area contributed by atoms with Crippen LogP contribution in [0.25, 0.3) is 16.7 Å². The quantitative estimate of drug-likeness (QED) is 0.503. The molecule has 4 aromatic rings. The molecule has 152 valence electrons. The molecular weight excluding hydrogens is 404 g/mol. The minimum Gasteiger partial charge on any atom is -0.451 e. The number of benzene rings is 2. The topological polar surface area (TPSA) is 80.3 Å². The van der Waals surface area contributed by atoms with E-state index in [2.05, 4.69) is 20.4 Å². The van der Waals surface area contributed by atoms with E-state index in [1.165, 1.54) is 0 Å². The molecule has 0 bridgehead atoms. The Balaban J connectivity index is 1.23. The zero-order valence-electron chi connectivity index (χ0n) is 16.1. The van der Waals surface area contributed by atoms with Crippen LogP contribution in [0.5, 0.6) is 0 Å². The number of para-hydroxylation sites is 1. The van der Waals surface area contributed by atoms with Gasteiger partial charge in [0.2, 0.25) is 0 Å². The van der Waals surface area contributed by atoms with Gasteiger partial charge >= 0.3 is 0 Å². The smallest absolute Gasteiger partial charge is 0.289 e. The highest BCUT2D eigenvalue weighted by Gasteiger charge is 2.25. The van der Waals surface area contributed by atoms with Crippen LogP contribution in [0.3, 0.4) is 0 Å². The lowest BCUT2D eigenvalue weighted by atomic mass is 10.2. The second-order valence-corrected chi connectivity index (χ2v) is 7.64. The largest absolute Gasteiger partial charge is 0.451 e. The number of hydrogen-bond donors (Lipinski definition) is 0. The Morgan fingerprint density at radius 3 is 2.57 bits per heavy atom. The third kappa shape index (κ3) is 3.67. The average Bonchev–Trinajstić information content (AvgIpc) is 3.41. The van der Waals surface area contributed by atoms with Gasteiger partial charge in [-0.25, -0.2) is 0 Å². The lowest BCUT2D eigenvalue weighted by Crippen LogP contribution is -2.48. The average molecular weight is 423 g/mol. The van der Waals surface area contributed by atoms with Crippen LogP contribution in [0.2, 0.25) is 5.02 Å². The standard InChI is InChI=1S/C21H19ClN6O2/c22-16-5-7-17(8-6-16)28-20(23-24-25-28)14-26-9-11-27(12-10-26)21(29)19-13-15-3-1-2-4-18(15)30-19/h1-8,13H,9-12,14H2. The Hall–Kier alpha value is -3.23. The number of carbonyl (C=O) groups is 1. The number of carbonyl (C=O) groups excluding carboxylic acids is 1. The molecule has 0 spiro atoms. The van der Waals surface area contributed by atoms with Crippen LogP contribution in [0.4, 0.5) is 0 Å². The maximum absolute atomic E-state index is 12.8. The molecule has 8 nitrogen and oxygen atoms in total. The minimum absolute atomic E-state index is 0.0724. The first-order valence-electron chi connectivity index (χ1n) is 9.71. The van der Waals surface area contributed by atoms with Crippen molar-refractivity contribution in [1.82, 2.24) is 30.0 Å². The normalized spacial score (nSPS) is 15.0. The summed E-state index contributed by atoms with van der Waals surface area (Å²) >= 11 is 5.97. The van der Waals surface area contributed by atoms with E-state index in [1.807, 2.05) is 59.5 Å². The second-order valence-electron chi connectivity index (χ2n) is 7.20. The van der Waals surface area contributed by atoms with Gasteiger partial charge in [0.25, 0.3) is 5.91 Å². The van der Waals surface area contributed by atoms with Gasteiger partial charge in [-0.3, -0.25) is 9.69 Å². The highest BCUT2D eigenvalue weighted by atomic mass is 35.5. The number of piperazine rings is 1. The highest BCUT2D eigenvalue weighted by molar-refractivity contribution is 6.30. The maximum atomic E-state index is 12.8. The first kappa shape index (κ1) is 18.8. The summed E-state index contributed by atoms with van der Waals surface area (Å²) in [5.41, 5.74) is 1.59. The number of hydrogen-bond acceptors (Lipinski definition) is 6. The monoisotopic (exact) mass is 422 g/mol. The lowest BCUT2D eigenvalue weighted by Gasteiger charge is -2.33. The van der Waals surface area contributed by atoms with Crippen molar-refractivity contribution in [2.45, 2.75) is 6.54 Å². The summed E-state index contributed by atoms with van der Waals surface area (Å²) in [4.78, 5) is 16.9.